The maximum atomic E-state index is 5.63. The number of rotatable bonds is 6. The Morgan fingerprint density at radius 2 is 2.13 bits per heavy atom. The standard InChI is InChI=1S/C13H21NO/c1-3-12-6-7-13(15-12)9-14-8-10(2)11-4-5-11/h6-7,10-11,14H,3-5,8-9H2,1-2H3. The third-order valence-electron chi connectivity index (χ3n) is 3.26. The van der Waals surface area contributed by atoms with Crippen molar-refractivity contribution < 1.29 is 4.42 Å². The van der Waals surface area contributed by atoms with Crippen molar-refractivity contribution in [2.75, 3.05) is 6.54 Å². The van der Waals surface area contributed by atoms with E-state index in [0.29, 0.717) is 0 Å². The second-order valence-corrected chi connectivity index (χ2v) is 4.67. The lowest BCUT2D eigenvalue weighted by molar-refractivity contribution is 0.417. The summed E-state index contributed by atoms with van der Waals surface area (Å²) in [6.07, 6.45) is 3.85. The number of hydrogen-bond donors (Lipinski definition) is 1. The minimum Gasteiger partial charge on any atom is -0.465 e. The van der Waals surface area contributed by atoms with Crippen LogP contribution >= 0.6 is 0 Å². The van der Waals surface area contributed by atoms with Gasteiger partial charge in [0.2, 0.25) is 0 Å². The Bertz CT molecular complexity index is 301. The highest BCUT2D eigenvalue weighted by Gasteiger charge is 2.27. The van der Waals surface area contributed by atoms with Crippen molar-refractivity contribution in [3.8, 4) is 0 Å². The van der Waals surface area contributed by atoms with Crippen molar-refractivity contribution in [3.63, 3.8) is 0 Å². The summed E-state index contributed by atoms with van der Waals surface area (Å²) >= 11 is 0. The first kappa shape index (κ1) is 10.7. The number of aryl methyl sites for hydroxylation is 1. The van der Waals surface area contributed by atoms with Crippen LogP contribution in [0.5, 0.6) is 0 Å². The molecule has 2 nitrogen and oxygen atoms in total. The van der Waals surface area contributed by atoms with Crippen LogP contribution in [0.25, 0.3) is 0 Å². The molecule has 15 heavy (non-hydrogen) atoms. The molecule has 1 aliphatic carbocycles. The summed E-state index contributed by atoms with van der Waals surface area (Å²) in [5, 5.41) is 3.47. The van der Waals surface area contributed by atoms with Crippen molar-refractivity contribution in [2.45, 2.75) is 39.7 Å². The van der Waals surface area contributed by atoms with E-state index in [1.807, 2.05) is 0 Å². The molecule has 1 N–H and O–H groups in total. The molecule has 0 saturated heterocycles. The van der Waals surface area contributed by atoms with Crippen LogP contribution in [-0.4, -0.2) is 6.54 Å². The smallest absolute Gasteiger partial charge is 0.117 e. The second-order valence-electron chi connectivity index (χ2n) is 4.67. The third kappa shape index (κ3) is 3.10. The lowest BCUT2D eigenvalue weighted by Gasteiger charge is -2.09. The van der Waals surface area contributed by atoms with Gasteiger partial charge < -0.3 is 9.73 Å². The number of nitrogens with one attached hydrogen (secondary N) is 1. The van der Waals surface area contributed by atoms with E-state index >= 15 is 0 Å². The van der Waals surface area contributed by atoms with Crippen LogP contribution in [0.3, 0.4) is 0 Å². The molecule has 0 bridgehead atoms. The minimum absolute atomic E-state index is 0.825. The Hall–Kier alpha value is -0.760. The summed E-state index contributed by atoms with van der Waals surface area (Å²) in [4.78, 5) is 0. The molecular formula is C13H21NO. The first-order valence-electron chi connectivity index (χ1n) is 6.08. The van der Waals surface area contributed by atoms with Gasteiger partial charge in [0.15, 0.2) is 0 Å². The molecule has 0 spiro atoms. The maximum absolute atomic E-state index is 5.63. The van der Waals surface area contributed by atoms with Crippen LogP contribution in [0.4, 0.5) is 0 Å². The molecule has 0 aliphatic heterocycles. The topological polar surface area (TPSA) is 25.2 Å². The predicted octanol–water partition coefficient (Wildman–Crippen LogP) is 2.98. The number of hydrogen-bond acceptors (Lipinski definition) is 2. The zero-order chi connectivity index (χ0) is 10.7. The highest BCUT2D eigenvalue weighted by atomic mass is 16.3. The van der Waals surface area contributed by atoms with E-state index < -0.39 is 0 Å². The fourth-order valence-corrected chi connectivity index (χ4v) is 1.96. The molecule has 84 valence electrons. The molecule has 1 aliphatic rings. The van der Waals surface area contributed by atoms with E-state index in [2.05, 4.69) is 31.3 Å². The zero-order valence-corrected chi connectivity index (χ0v) is 9.75. The highest BCUT2D eigenvalue weighted by Crippen LogP contribution is 2.36. The minimum atomic E-state index is 0.825. The van der Waals surface area contributed by atoms with Crippen molar-refractivity contribution >= 4 is 0 Å². The van der Waals surface area contributed by atoms with Gasteiger partial charge in [-0.25, -0.2) is 0 Å². The van der Waals surface area contributed by atoms with E-state index in [1.165, 1.54) is 12.8 Å². The monoisotopic (exact) mass is 207 g/mol. The van der Waals surface area contributed by atoms with E-state index in [4.69, 9.17) is 4.42 Å². The van der Waals surface area contributed by atoms with Gasteiger partial charge in [-0.1, -0.05) is 13.8 Å². The van der Waals surface area contributed by atoms with Crippen LogP contribution < -0.4 is 5.32 Å². The Morgan fingerprint density at radius 1 is 1.40 bits per heavy atom. The van der Waals surface area contributed by atoms with Crippen molar-refractivity contribution in [1.29, 1.82) is 0 Å². The van der Waals surface area contributed by atoms with Crippen LogP contribution in [0.2, 0.25) is 0 Å². The Labute approximate surface area is 92.1 Å². The fourth-order valence-electron chi connectivity index (χ4n) is 1.96. The average molecular weight is 207 g/mol. The molecular weight excluding hydrogens is 186 g/mol. The summed E-state index contributed by atoms with van der Waals surface area (Å²) in [5.41, 5.74) is 0. The maximum Gasteiger partial charge on any atom is 0.117 e. The molecule has 1 saturated carbocycles. The average Bonchev–Trinajstić information content (AvgIpc) is 2.99. The molecule has 1 aromatic rings. The molecule has 1 fully saturated rings. The fraction of sp³-hybridized carbons (Fsp3) is 0.692. The van der Waals surface area contributed by atoms with Gasteiger partial charge in [0.25, 0.3) is 0 Å². The van der Waals surface area contributed by atoms with E-state index in [0.717, 1.165) is 42.9 Å². The number of furan rings is 1. The Kier molecular flexibility index (Phi) is 3.47. The lowest BCUT2D eigenvalue weighted by Crippen LogP contribution is -2.21. The summed E-state index contributed by atoms with van der Waals surface area (Å²) in [6, 6.07) is 4.15. The van der Waals surface area contributed by atoms with Gasteiger partial charge in [-0.3, -0.25) is 0 Å². The molecule has 1 aromatic heterocycles. The van der Waals surface area contributed by atoms with Gasteiger partial charge in [0, 0.05) is 6.42 Å². The lowest BCUT2D eigenvalue weighted by atomic mass is 10.1. The SMILES string of the molecule is CCc1ccc(CNCC(C)C2CC2)o1. The van der Waals surface area contributed by atoms with Gasteiger partial charge >= 0.3 is 0 Å². The first-order chi connectivity index (χ1) is 7.29. The van der Waals surface area contributed by atoms with Gasteiger partial charge in [-0.15, -0.1) is 0 Å². The van der Waals surface area contributed by atoms with Crippen molar-refractivity contribution in [3.05, 3.63) is 23.7 Å². The van der Waals surface area contributed by atoms with Crippen LogP contribution in [0.15, 0.2) is 16.5 Å². The van der Waals surface area contributed by atoms with Crippen LogP contribution in [-0.2, 0) is 13.0 Å². The van der Waals surface area contributed by atoms with Gasteiger partial charge in [0.05, 0.1) is 6.54 Å². The van der Waals surface area contributed by atoms with Crippen molar-refractivity contribution in [1.82, 2.24) is 5.32 Å². The molecule has 1 atom stereocenters. The third-order valence-corrected chi connectivity index (χ3v) is 3.26. The Morgan fingerprint density at radius 3 is 2.73 bits per heavy atom. The molecule has 0 aromatic carbocycles. The van der Waals surface area contributed by atoms with Gasteiger partial charge in [-0.05, 0) is 43.4 Å². The second kappa shape index (κ2) is 4.84. The summed E-state index contributed by atoms with van der Waals surface area (Å²) in [6.45, 7) is 6.44. The normalized spacial score (nSPS) is 18.0. The zero-order valence-electron chi connectivity index (χ0n) is 9.75. The van der Waals surface area contributed by atoms with Crippen molar-refractivity contribution in [2.24, 2.45) is 11.8 Å². The van der Waals surface area contributed by atoms with E-state index in [1.54, 1.807) is 0 Å². The summed E-state index contributed by atoms with van der Waals surface area (Å²) < 4.78 is 5.63. The van der Waals surface area contributed by atoms with E-state index in [-0.39, 0.29) is 0 Å². The molecule has 2 rings (SSSR count). The summed E-state index contributed by atoms with van der Waals surface area (Å²) in [5.74, 6) is 3.96. The molecule has 1 unspecified atom stereocenters. The highest BCUT2D eigenvalue weighted by molar-refractivity contribution is 5.06. The molecule has 0 radical (unpaired) electrons. The van der Waals surface area contributed by atoms with E-state index in [9.17, 15) is 0 Å². The van der Waals surface area contributed by atoms with Gasteiger partial charge in [0.1, 0.15) is 11.5 Å². The molecule has 1 heterocycles. The first-order valence-corrected chi connectivity index (χ1v) is 6.08. The quantitative estimate of drug-likeness (QED) is 0.775. The predicted molar refractivity (Wildman–Crippen MR) is 61.7 cm³/mol. The van der Waals surface area contributed by atoms with Gasteiger partial charge in [-0.2, -0.15) is 0 Å². The van der Waals surface area contributed by atoms with Crippen LogP contribution in [0, 0.1) is 11.8 Å². The largest absolute Gasteiger partial charge is 0.465 e. The summed E-state index contributed by atoms with van der Waals surface area (Å²) in [7, 11) is 0. The Balaban J connectivity index is 1.68. The van der Waals surface area contributed by atoms with Crippen LogP contribution in [0.1, 0.15) is 38.2 Å². The molecule has 0 amide bonds. The molecule has 2 heteroatoms.